The number of hydrogen-bond donors (Lipinski definition) is 1. The maximum Gasteiger partial charge on any atom is 0.230 e. The van der Waals surface area contributed by atoms with Gasteiger partial charge in [0.25, 0.3) is 0 Å². The van der Waals surface area contributed by atoms with E-state index < -0.39 is 0 Å². The minimum Gasteiger partial charge on any atom is -0.395 e. The molecule has 3 heterocycles. The maximum atomic E-state index is 12.8. The molecule has 1 aromatic rings. The Hall–Kier alpha value is -1.47. The molecule has 7 heteroatoms. The second kappa shape index (κ2) is 6.34. The second-order valence-corrected chi connectivity index (χ2v) is 6.39. The Morgan fingerprint density at radius 2 is 2.23 bits per heavy atom. The minimum absolute atomic E-state index is 0.0468. The van der Waals surface area contributed by atoms with Gasteiger partial charge in [-0.1, -0.05) is 0 Å². The number of nitrogens with zero attached hydrogens (tertiary/aromatic N) is 5. The van der Waals surface area contributed by atoms with Crippen molar-refractivity contribution in [3.05, 3.63) is 12.2 Å². The van der Waals surface area contributed by atoms with E-state index in [1.165, 1.54) is 0 Å². The highest BCUT2D eigenvalue weighted by Gasteiger charge is 2.48. The van der Waals surface area contributed by atoms with Crippen LogP contribution in [-0.2, 0) is 17.9 Å². The van der Waals surface area contributed by atoms with Crippen LogP contribution in [0.25, 0.3) is 0 Å². The summed E-state index contributed by atoms with van der Waals surface area (Å²) < 4.78 is 2.05. The molecule has 3 rings (SSSR count). The van der Waals surface area contributed by atoms with Crippen molar-refractivity contribution >= 4 is 5.91 Å². The molecule has 0 saturated carbocycles. The Morgan fingerprint density at radius 1 is 1.36 bits per heavy atom. The molecule has 0 aliphatic carbocycles. The number of aromatic nitrogens is 3. The first-order valence-electron chi connectivity index (χ1n) is 8.18. The number of aliphatic hydroxyl groups is 1. The highest BCUT2D eigenvalue weighted by Crippen LogP contribution is 2.40. The van der Waals surface area contributed by atoms with E-state index in [9.17, 15) is 4.79 Å². The fourth-order valence-corrected chi connectivity index (χ4v) is 3.82. The second-order valence-electron chi connectivity index (χ2n) is 6.39. The van der Waals surface area contributed by atoms with Crippen molar-refractivity contribution in [3.63, 3.8) is 0 Å². The lowest BCUT2D eigenvalue weighted by molar-refractivity contribution is -0.146. The highest BCUT2D eigenvalue weighted by atomic mass is 16.3. The molecule has 1 amide bonds. The van der Waals surface area contributed by atoms with Crippen molar-refractivity contribution in [2.45, 2.75) is 39.3 Å². The molecule has 0 radical (unpaired) electrons. The van der Waals surface area contributed by atoms with E-state index in [4.69, 9.17) is 5.11 Å². The van der Waals surface area contributed by atoms with Gasteiger partial charge in [-0.05, 0) is 32.7 Å². The lowest BCUT2D eigenvalue weighted by atomic mass is 9.78. The lowest BCUT2D eigenvalue weighted by Crippen LogP contribution is -2.50. The third-order valence-electron chi connectivity index (χ3n) is 5.03. The molecule has 0 aromatic carbocycles. The van der Waals surface area contributed by atoms with Crippen molar-refractivity contribution in [3.8, 4) is 0 Å². The Kier molecular flexibility index (Phi) is 4.44. The van der Waals surface area contributed by atoms with Crippen LogP contribution in [0.2, 0.25) is 0 Å². The van der Waals surface area contributed by atoms with Crippen LogP contribution in [-0.4, -0.2) is 68.4 Å². The first kappa shape index (κ1) is 15.4. The maximum absolute atomic E-state index is 12.8. The Morgan fingerprint density at radius 3 is 3.00 bits per heavy atom. The minimum atomic E-state index is -0.246. The third-order valence-corrected chi connectivity index (χ3v) is 5.03. The summed E-state index contributed by atoms with van der Waals surface area (Å²) in [5.41, 5.74) is -0.246. The van der Waals surface area contributed by atoms with Gasteiger partial charge < -0.3 is 14.6 Å². The summed E-state index contributed by atoms with van der Waals surface area (Å²) in [5.74, 6) is 1.20. The Labute approximate surface area is 130 Å². The van der Waals surface area contributed by atoms with Crippen molar-refractivity contribution in [1.29, 1.82) is 0 Å². The van der Waals surface area contributed by atoms with Gasteiger partial charge in [-0.15, -0.1) is 10.2 Å². The molecule has 1 N–H and O–H groups in total. The van der Waals surface area contributed by atoms with Gasteiger partial charge in [-0.2, -0.15) is 0 Å². The van der Waals surface area contributed by atoms with Crippen molar-refractivity contribution in [2.75, 3.05) is 32.8 Å². The molecule has 22 heavy (non-hydrogen) atoms. The average molecular weight is 307 g/mol. The number of carbonyl (C=O) groups excluding carboxylic acids is 1. The monoisotopic (exact) mass is 307 g/mol. The highest BCUT2D eigenvalue weighted by molar-refractivity contribution is 5.84. The van der Waals surface area contributed by atoms with Crippen LogP contribution in [0.3, 0.4) is 0 Å². The number of likely N-dealkylation sites (tertiary alicyclic amines) is 2. The predicted octanol–water partition coefficient (Wildman–Crippen LogP) is 0.105. The van der Waals surface area contributed by atoms with E-state index in [2.05, 4.69) is 22.0 Å². The van der Waals surface area contributed by atoms with Crippen LogP contribution in [0.5, 0.6) is 0 Å². The van der Waals surface area contributed by atoms with E-state index >= 15 is 0 Å². The van der Waals surface area contributed by atoms with Gasteiger partial charge in [0.15, 0.2) is 0 Å². The van der Waals surface area contributed by atoms with E-state index in [1.807, 2.05) is 9.47 Å². The number of β-amino-alcohol motifs (C(OH)–C–C–N with tert-alkyl or cyclic N) is 1. The van der Waals surface area contributed by atoms with Gasteiger partial charge in [-0.25, -0.2) is 0 Å². The molecule has 2 aliphatic rings. The Balaban J connectivity index is 1.67. The van der Waals surface area contributed by atoms with Crippen molar-refractivity contribution in [1.82, 2.24) is 24.6 Å². The van der Waals surface area contributed by atoms with E-state index in [-0.39, 0.29) is 17.9 Å². The number of carbonyl (C=O) groups is 1. The van der Waals surface area contributed by atoms with Gasteiger partial charge in [0.1, 0.15) is 12.2 Å². The molecule has 7 nitrogen and oxygen atoms in total. The van der Waals surface area contributed by atoms with E-state index in [0.29, 0.717) is 6.54 Å². The van der Waals surface area contributed by atoms with Crippen LogP contribution in [0.1, 0.15) is 32.0 Å². The van der Waals surface area contributed by atoms with Crippen LogP contribution >= 0.6 is 0 Å². The first-order valence-corrected chi connectivity index (χ1v) is 8.18. The summed E-state index contributed by atoms with van der Waals surface area (Å²) in [7, 11) is 0. The summed E-state index contributed by atoms with van der Waals surface area (Å²) in [6.07, 6.45) is 4.67. The quantitative estimate of drug-likeness (QED) is 0.835. The van der Waals surface area contributed by atoms with Gasteiger partial charge in [0.2, 0.25) is 5.91 Å². The number of rotatable bonds is 5. The third kappa shape index (κ3) is 2.75. The van der Waals surface area contributed by atoms with Crippen LogP contribution in [0.4, 0.5) is 0 Å². The molecule has 2 saturated heterocycles. The molecule has 1 aromatic heterocycles. The zero-order chi connectivity index (χ0) is 15.6. The number of aliphatic hydroxyl groups excluding tert-OH is 1. The fraction of sp³-hybridized carbons (Fsp3) is 0.800. The van der Waals surface area contributed by atoms with Crippen molar-refractivity contribution < 1.29 is 9.90 Å². The average Bonchev–Trinajstić information content (AvgIpc) is 3.13. The first-order chi connectivity index (χ1) is 10.7. The van der Waals surface area contributed by atoms with E-state index in [0.717, 1.165) is 57.8 Å². The van der Waals surface area contributed by atoms with Crippen LogP contribution in [0, 0.1) is 5.41 Å². The molecule has 0 bridgehead atoms. The Bertz CT molecular complexity index is 530. The van der Waals surface area contributed by atoms with Crippen molar-refractivity contribution in [2.24, 2.45) is 5.41 Å². The molecule has 1 atom stereocenters. The van der Waals surface area contributed by atoms with Gasteiger partial charge >= 0.3 is 0 Å². The van der Waals surface area contributed by atoms with Gasteiger partial charge in [0.05, 0.1) is 18.6 Å². The summed E-state index contributed by atoms with van der Waals surface area (Å²) in [6, 6.07) is 0. The predicted molar refractivity (Wildman–Crippen MR) is 80.9 cm³/mol. The molecule has 0 unspecified atom stereocenters. The topological polar surface area (TPSA) is 74.5 Å². The summed E-state index contributed by atoms with van der Waals surface area (Å²) >= 11 is 0. The fourth-order valence-electron chi connectivity index (χ4n) is 3.82. The van der Waals surface area contributed by atoms with Gasteiger partial charge in [-0.3, -0.25) is 9.69 Å². The van der Waals surface area contributed by atoms with Crippen LogP contribution in [0.15, 0.2) is 6.33 Å². The zero-order valence-corrected chi connectivity index (χ0v) is 13.2. The summed E-state index contributed by atoms with van der Waals surface area (Å²) in [6.45, 7) is 6.71. The smallest absolute Gasteiger partial charge is 0.230 e. The normalized spacial score (nSPS) is 26.3. The summed E-state index contributed by atoms with van der Waals surface area (Å²) in [5, 5.41) is 17.3. The molecule has 122 valence electrons. The SMILES string of the molecule is CCn1cnnc1CN1CC[C@@]2(CCCN(CCO)C2=O)C1. The zero-order valence-electron chi connectivity index (χ0n) is 13.2. The van der Waals surface area contributed by atoms with E-state index in [1.54, 1.807) is 6.33 Å². The number of piperidine rings is 1. The lowest BCUT2D eigenvalue weighted by Gasteiger charge is -2.39. The number of hydrogen-bond acceptors (Lipinski definition) is 5. The van der Waals surface area contributed by atoms with Gasteiger partial charge in [0, 0.05) is 26.2 Å². The molecular formula is C15H25N5O2. The summed E-state index contributed by atoms with van der Waals surface area (Å²) in [4.78, 5) is 16.9. The van der Waals surface area contributed by atoms with Crippen LogP contribution < -0.4 is 0 Å². The standard InChI is InChI=1S/C15H25N5O2/c1-2-19-12-16-17-13(19)10-18-7-5-15(11-18)4-3-6-20(8-9-21)14(15)22/h12,21H,2-11H2,1H3/t15-/m0/s1. The largest absolute Gasteiger partial charge is 0.395 e. The number of amides is 1. The molecule has 1 spiro atoms. The molecule has 2 fully saturated rings. The molecule has 2 aliphatic heterocycles. The molecular weight excluding hydrogens is 282 g/mol. The number of aryl methyl sites for hydroxylation is 1.